The Balaban J connectivity index is 1.75. The van der Waals surface area contributed by atoms with Crippen LogP contribution in [0.2, 0.25) is 0 Å². The molecule has 1 fully saturated rings. The van der Waals surface area contributed by atoms with Crippen molar-refractivity contribution in [2.75, 3.05) is 6.61 Å². The van der Waals surface area contributed by atoms with E-state index < -0.39 is 35.9 Å². The maximum atomic E-state index is 11.3. The molecule has 0 saturated heterocycles. The van der Waals surface area contributed by atoms with E-state index in [4.69, 9.17) is 11.6 Å². The van der Waals surface area contributed by atoms with Crippen LogP contribution < -0.4 is 0 Å². The molecule has 4 rings (SSSR count). The predicted molar refractivity (Wildman–Crippen MR) is 120 cm³/mol. The summed E-state index contributed by atoms with van der Waals surface area (Å²) in [5.41, 5.74) is 4.46. The first-order valence-electron chi connectivity index (χ1n) is 11.5. The van der Waals surface area contributed by atoms with Crippen molar-refractivity contribution in [1.29, 1.82) is 0 Å². The molecule has 0 bridgehead atoms. The minimum Gasteiger partial charge on any atom is -0.393 e. The third-order valence-corrected chi connectivity index (χ3v) is 9.23. The van der Waals surface area contributed by atoms with E-state index in [1.165, 1.54) is 29.2 Å². The van der Waals surface area contributed by atoms with Gasteiger partial charge in [-0.25, -0.2) is 0 Å². The highest BCUT2D eigenvalue weighted by molar-refractivity contribution is 6.26. The van der Waals surface area contributed by atoms with Gasteiger partial charge in [-0.2, -0.15) is 0 Å². The van der Waals surface area contributed by atoms with Gasteiger partial charge in [-0.3, -0.25) is 0 Å². The highest BCUT2D eigenvalue weighted by Gasteiger charge is 2.63. The molecule has 0 radical (unpaired) electrons. The van der Waals surface area contributed by atoms with Crippen LogP contribution in [-0.2, 0) is 0 Å². The largest absolute Gasteiger partial charge is 0.393 e. The smallest absolute Gasteiger partial charge is 0.113 e. The number of rotatable bonds is 5. The third-order valence-electron chi connectivity index (χ3n) is 8.97. The van der Waals surface area contributed by atoms with E-state index in [1.54, 1.807) is 5.54 Å². The molecule has 5 nitrogen and oxygen atoms in total. The van der Waals surface area contributed by atoms with E-state index >= 15 is 0 Å². The van der Waals surface area contributed by atoms with Gasteiger partial charge in [-0.15, -0.1) is 0 Å². The number of allylic oxidation sites excluding steroid dienone is 5. The van der Waals surface area contributed by atoms with Gasteiger partial charge in [0.2, 0.25) is 0 Å². The third kappa shape index (κ3) is 3.39. The summed E-state index contributed by atoms with van der Waals surface area (Å²) in [5.74, 6) is 0.813. The van der Waals surface area contributed by atoms with Crippen LogP contribution in [-0.4, -0.2) is 56.1 Å². The quantitative estimate of drug-likeness (QED) is 0.441. The second-order valence-corrected chi connectivity index (χ2v) is 11.5. The van der Waals surface area contributed by atoms with E-state index in [2.05, 4.69) is 19.9 Å². The van der Waals surface area contributed by atoms with Crippen LogP contribution >= 0.6 is 11.6 Å². The Kier molecular flexibility index (Phi) is 5.81. The van der Waals surface area contributed by atoms with E-state index in [1.807, 2.05) is 6.92 Å². The van der Waals surface area contributed by atoms with Crippen molar-refractivity contribution in [1.82, 2.24) is 0 Å². The van der Waals surface area contributed by atoms with Crippen LogP contribution in [0, 0.1) is 28.6 Å². The van der Waals surface area contributed by atoms with Gasteiger partial charge in [-0.05, 0) is 84.5 Å². The van der Waals surface area contributed by atoms with E-state index in [-0.39, 0.29) is 23.7 Å². The van der Waals surface area contributed by atoms with Gasteiger partial charge in [-0.1, -0.05) is 38.4 Å². The predicted octanol–water partition coefficient (Wildman–Crippen LogP) is 3.04. The average Bonchev–Trinajstić information content (AvgIpc) is 3.13. The SMILES string of the molecule is CC1CC2=C3C1=CC1(C)CC(O)C(C)(CC(O)C(O)C(C)(O)CO)C1C3CCC2=CCl. The molecular weight excluding hydrogens is 416 g/mol. The molecule has 9 atom stereocenters. The van der Waals surface area contributed by atoms with Crippen molar-refractivity contribution in [2.24, 2.45) is 28.6 Å². The summed E-state index contributed by atoms with van der Waals surface area (Å²) < 4.78 is 0. The van der Waals surface area contributed by atoms with Crippen molar-refractivity contribution in [3.63, 3.8) is 0 Å². The molecule has 0 aliphatic heterocycles. The molecule has 9 unspecified atom stereocenters. The molecule has 31 heavy (non-hydrogen) atoms. The number of hydrogen-bond acceptors (Lipinski definition) is 5. The molecule has 4 aliphatic carbocycles. The van der Waals surface area contributed by atoms with Crippen LogP contribution in [0.1, 0.15) is 59.8 Å². The molecule has 0 aromatic heterocycles. The second-order valence-electron chi connectivity index (χ2n) is 11.3. The monoisotopic (exact) mass is 452 g/mol. The highest BCUT2D eigenvalue weighted by Crippen LogP contribution is 2.68. The van der Waals surface area contributed by atoms with Gasteiger partial charge >= 0.3 is 0 Å². The van der Waals surface area contributed by atoms with Crippen molar-refractivity contribution in [2.45, 2.75) is 83.7 Å². The Labute approximate surface area is 190 Å². The van der Waals surface area contributed by atoms with Crippen molar-refractivity contribution < 1.29 is 25.5 Å². The highest BCUT2D eigenvalue weighted by atomic mass is 35.5. The maximum absolute atomic E-state index is 11.3. The van der Waals surface area contributed by atoms with E-state index in [9.17, 15) is 25.5 Å². The second kappa shape index (κ2) is 7.68. The Bertz CT molecular complexity index is 845. The Morgan fingerprint density at radius 1 is 1.32 bits per heavy atom. The van der Waals surface area contributed by atoms with Crippen LogP contribution in [0.4, 0.5) is 0 Å². The average molecular weight is 453 g/mol. The Morgan fingerprint density at radius 2 is 2.00 bits per heavy atom. The molecule has 174 valence electrons. The van der Waals surface area contributed by atoms with Crippen LogP contribution in [0.15, 0.2) is 33.9 Å². The lowest BCUT2D eigenvalue weighted by molar-refractivity contribution is -0.151. The zero-order chi connectivity index (χ0) is 22.9. The lowest BCUT2D eigenvalue weighted by atomic mass is 9.54. The van der Waals surface area contributed by atoms with Gasteiger partial charge in [0.25, 0.3) is 0 Å². The number of aliphatic hydroxyl groups excluding tert-OH is 4. The van der Waals surface area contributed by atoms with Gasteiger partial charge in [0, 0.05) is 11.0 Å². The molecule has 6 heteroatoms. The summed E-state index contributed by atoms with van der Waals surface area (Å²) in [4.78, 5) is 0. The Hall–Kier alpha value is -0.690. The van der Waals surface area contributed by atoms with E-state index in [0.29, 0.717) is 12.3 Å². The molecular formula is C25H37ClO5. The minimum atomic E-state index is -1.80. The topological polar surface area (TPSA) is 101 Å². The van der Waals surface area contributed by atoms with Crippen molar-refractivity contribution >= 4 is 11.6 Å². The normalized spacial score (nSPS) is 44.6. The first-order valence-corrected chi connectivity index (χ1v) is 12.0. The summed E-state index contributed by atoms with van der Waals surface area (Å²) in [6.45, 7) is 7.16. The van der Waals surface area contributed by atoms with Gasteiger partial charge in [0.05, 0.1) is 18.8 Å². The first kappa shape index (κ1) is 23.5. The number of hydrogen-bond donors (Lipinski definition) is 5. The van der Waals surface area contributed by atoms with Crippen molar-refractivity contribution in [3.05, 3.63) is 33.9 Å². The molecule has 1 saturated carbocycles. The molecule has 0 spiro atoms. The fraction of sp³-hybridized carbons (Fsp3) is 0.760. The van der Waals surface area contributed by atoms with E-state index in [0.717, 1.165) is 19.3 Å². The standard InChI is InChI=1S/C25H37ClO5/c1-13-7-16-14(11-26)5-6-15-20(16)17(13)8-23(2)10-19(29)24(3,21(15)23)9-18(28)22(30)25(4,31)12-27/h8,11,13,15,18-19,21-22,27-31H,5-7,9-10,12H2,1-4H3. The fourth-order valence-corrected chi connectivity index (χ4v) is 7.72. The first-order chi connectivity index (χ1) is 14.4. The molecule has 0 aromatic carbocycles. The fourth-order valence-electron chi connectivity index (χ4n) is 7.48. The van der Waals surface area contributed by atoms with Crippen LogP contribution in [0.3, 0.4) is 0 Å². The maximum Gasteiger partial charge on any atom is 0.113 e. The van der Waals surface area contributed by atoms with Gasteiger partial charge in [0.1, 0.15) is 11.7 Å². The lowest BCUT2D eigenvalue weighted by Gasteiger charge is -2.50. The lowest BCUT2D eigenvalue weighted by Crippen LogP contribution is -2.53. The molecule has 0 heterocycles. The summed E-state index contributed by atoms with van der Waals surface area (Å²) >= 11 is 6.17. The number of halogens is 1. The molecule has 5 N–H and O–H groups in total. The number of aliphatic hydroxyl groups is 5. The summed E-state index contributed by atoms with van der Waals surface area (Å²) in [6, 6.07) is 0. The zero-order valence-corrected chi connectivity index (χ0v) is 19.7. The molecule has 0 aromatic rings. The van der Waals surface area contributed by atoms with Gasteiger partial charge < -0.3 is 25.5 Å². The minimum absolute atomic E-state index is 0.104. The summed E-state index contributed by atoms with van der Waals surface area (Å²) in [6.07, 6.45) is 2.62. The molecule has 4 aliphatic rings. The molecule has 0 amide bonds. The van der Waals surface area contributed by atoms with Crippen molar-refractivity contribution in [3.8, 4) is 0 Å². The summed E-state index contributed by atoms with van der Waals surface area (Å²) in [5, 5.41) is 52.3. The number of fused-ring (bicyclic) bond motifs is 2. The van der Waals surface area contributed by atoms with Crippen LogP contribution in [0.5, 0.6) is 0 Å². The Morgan fingerprint density at radius 3 is 2.61 bits per heavy atom. The van der Waals surface area contributed by atoms with Gasteiger partial charge in [0.15, 0.2) is 0 Å². The van der Waals surface area contributed by atoms with Crippen LogP contribution in [0.25, 0.3) is 0 Å². The summed E-state index contributed by atoms with van der Waals surface area (Å²) in [7, 11) is 0. The zero-order valence-electron chi connectivity index (χ0n) is 19.0.